The number of hydrogen-bond donors (Lipinski definition) is 1. The zero-order valence-corrected chi connectivity index (χ0v) is 21.8. The van der Waals surface area contributed by atoms with Crippen molar-refractivity contribution in [1.82, 2.24) is 4.90 Å². The van der Waals surface area contributed by atoms with Crippen LogP contribution in [-0.4, -0.2) is 42.0 Å². The quantitative estimate of drug-likeness (QED) is 0.292. The Labute approximate surface area is 208 Å². The van der Waals surface area contributed by atoms with Crippen LogP contribution in [0.1, 0.15) is 70.7 Å². The van der Waals surface area contributed by atoms with Crippen LogP contribution >= 0.6 is 0 Å². The number of rotatable bonds is 8. The number of ketones is 1. The minimum atomic E-state index is -0.697. The molecule has 2 aromatic carbocycles. The van der Waals surface area contributed by atoms with Crippen LogP contribution in [0.25, 0.3) is 5.76 Å². The standard InChI is InChI=1S/C29H37NO5/c1-8-14-30-25(19-10-9-11-21(15-19)35-17-18(2)3)24(27(32)28(30)33)26(31)20-12-13-23(34-7)22(16-20)29(4,5)6/h9-13,15-16,18,25,31H,8,14,17H2,1-7H3/b26-24+. The highest BCUT2D eigenvalue weighted by Crippen LogP contribution is 2.41. The zero-order valence-electron chi connectivity index (χ0n) is 21.8. The van der Waals surface area contributed by atoms with Gasteiger partial charge in [0.25, 0.3) is 11.7 Å². The molecule has 3 rings (SSSR count). The molecule has 0 saturated carbocycles. The maximum atomic E-state index is 13.2. The van der Waals surface area contributed by atoms with Gasteiger partial charge in [0.05, 0.1) is 25.3 Å². The van der Waals surface area contributed by atoms with E-state index in [0.717, 1.165) is 11.1 Å². The van der Waals surface area contributed by atoms with Crippen LogP contribution in [-0.2, 0) is 15.0 Å². The van der Waals surface area contributed by atoms with Gasteiger partial charge in [-0.25, -0.2) is 0 Å². The van der Waals surface area contributed by atoms with Crippen LogP contribution in [0, 0.1) is 5.92 Å². The Kier molecular flexibility index (Phi) is 7.93. The van der Waals surface area contributed by atoms with Gasteiger partial charge < -0.3 is 19.5 Å². The monoisotopic (exact) mass is 479 g/mol. The molecule has 1 N–H and O–H groups in total. The second-order valence-corrected chi connectivity index (χ2v) is 10.4. The Morgan fingerprint density at radius 3 is 2.43 bits per heavy atom. The smallest absolute Gasteiger partial charge is 0.295 e. The Morgan fingerprint density at radius 1 is 1.11 bits per heavy atom. The van der Waals surface area contributed by atoms with E-state index in [4.69, 9.17) is 9.47 Å². The summed E-state index contributed by atoms with van der Waals surface area (Å²) in [7, 11) is 1.61. The summed E-state index contributed by atoms with van der Waals surface area (Å²) in [6.45, 7) is 13.2. The summed E-state index contributed by atoms with van der Waals surface area (Å²) in [5, 5.41) is 11.4. The number of carbonyl (C=O) groups excluding carboxylic acids is 2. The van der Waals surface area contributed by atoms with E-state index in [2.05, 4.69) is 34.6 Å². The molecule has 2 aromatic rings. The number of ether oxygens (including phenoxy) is 2. The normalized spacial score (nSPS) is 17.8. The highest BCUT2D eigenvalue weighted by Gasteiger charge is 2.45. The second-order valence-electron chi connectivity index (χ2n) is 10.4. The van der Waals surface area contributed by atoms with Gasteiger partial charge in [0.15, 0.2) is 0 Å². The first kappa shape index (κ1) is 26.3. The number of aliphatic hydroxyl groups excluding tert-OH is 1. The first-order valence-electron chi connectivity index (χ1n) is 12.2. The Hall–Kier alpha value is -3.28. The number of carbonyl (C=O) groups is 2. The number of Topliss-reactive ketones (excluding diaryl/α,β-unsaturated/α-hetero) is 1. The summed E-state index contributed by atoms with van der Waals surface area (Å²) in [4.78, 5) is 27.8. The van der Waals surface area contributed by atoms with E-state index in [1.807, 2.05) is 37.3 Å². The lowest BCUT2D eigenvalue weighted by Gasteiger charge is -2.26. The summed E-state index contributed by atoms with van der Waals surface area (Å²) >= 11 is 0. The summed E-state index contributed by atoms with van der Waals surface area (Å²) in [5.74, 6) is 0.258. The molecule has 6 heteroatoms. The maximum absolute atomic E-state index is 13.2. The molecular weight excluding hydrogens is 442 g/mol. The molecule has 1 amide bonds. The number of hydrogen-bond acceptors (Lipinski definition) is 5. The molecule has 188 valence electrons. The molecule has 1 aliphatic heterocycles. The van der Waals surface area contributed by atoms with Crippen LogP contribution in [0.4, 0.5) is 0 Å². The number of methoxy groups -OCH3 is 1. The fourth-order valence-corrected chi connectivity index (χ4v) is 4.33. The third kappa shape index (κ3) is 5.53. The molecule has 0 aliphatic carbocycles. The van der Waals surface area contributed by atoms with Gasteiger partial charge in [-0.2, -0.15) is 0 Å². The van der Waals surface area contributed by atoms with Gasteiger partial charge in [0, 0.05) is 17.7 Å². The van der Waals surface area contributed by atoms with Crippen molar-refractivity contribution in [3.05, 3.63) is 64.7 Å². The van der Waals surface area contributed by atoms with Crippen LogP contribution in [0.5, 0.6) is 11.5 Å². The molecule has 1 heterocycles. The Bertz CT molecular complexity index is 1130. The average Bonchev–Trinajstić information content (AvgIpc) is 3.06. The summed E-state index contributed by atoms with van der Waals surface area (Å²) < 4.78 is 11.4. The highest BCUT2D eigenvalue weighted by atomic mass is 16.5. The molecule has 0 radical (unpaired) electrons. The van der Waals surface area contributed by atoms with Crippen molar-refractivity contribution < 1.29 is 24.2 Å². The molecule has 1 atom stereocenters. The number of likely N-dealkylation sites (tertiary alicyclic amines) is 1. The second kappa shape index (κ2) is 10.5. The van der Waals surface area contributed by atoms with E-state index in [1.165, 1.54) is 0 Å². The van der Waals surface area contributed by atoms with Crippen molar-refractivity contribution in [2.24, 2.45) is 5.92 Å². The highest BCUT2D eigenvalue weighted by molar-refractivity contribution is 6.46. The first-order chi connectivity index (χ1) is 16.5. The van der Waals surface area contributed by atoms with E-state index >= 15 is 0 Å². The lowest BCUT2D eigenvalue weighted by Crippen LogP contribution is -2.30. The number of aliphatic hydroxyl groups is 1. The topological polar surface area (TPSA) is 76.1 Å². The minimum absolute atomic E-state index is 0.0921. The van der Waals surface area contributed by atoms with Crippen molar-refractivity contribution in [2.75, 3.05) is 20.3 Å². The first-order valence-corrected chi connectivity index (χ1v) is 12.2. The molecule has 1 fully saturated rings. The summed E-state index contributed by atoms with van der Waals surface area (Å²) in [6.07, 6.45) is 0.684. The van der Waals surface area contributed by atoms with Crippen molar-refractivity contribution in [2.45, 2.75) is 59.4 Å². The molecule has 1 aliphatic rings. The molecule has 35 heavy (non-hydrogen) atoms. The Balaban J connectivity index is 2.17. The molecule has 1 saturated heterocycles. The predicted molar refractivity (Wildman–Crippen MR) is 138 cm³/mol. The maximum Gasteiger partial charge on any atom is 0.295 e. The van der Waals surface area contributed by atoms with Gasteiger partial charge in [-0.3, -0.25) is 9.59 Å². The molecule has 0 bridgehead atoms. The minimum Gasteiger partial charge on any atom is -0.507 e. The van der Waals surface area contributed by atoms with Gasteiger partial charge >= 0.3 is 0 Å². The van der Waals surface area contributed by atoms with Crippen molar-refractivity contribution >= 4 is 17.4 Å². The third-order valence-corrected chi connectivity index (χ3v) is 6.04. The predicted octanol–water partition coefficient (Wildman–Crippen LogP) is 5.86. The van der Waals surface area contributed by atoms with E-state index in [-0.39, 0.29) is 16.7 Å². The van der Waals surface area contributed by atoms with E-state index in [0.29, 0.717) is 42.6 Å². The van der Waals surface area contributed by atoms with Crippen LogP contribution in [0.2, 0.25) is 0 Å². The van der Waals surface area contributed by atoms with E-state index in [1.54, 1.807) is 24.1 Å². The lowest BCUT2D eigenvalue weighted by atomic mass is 9.84. The van der Waals surface area contributed by atoms with Gasteiger partial charge in [-0.05, 0) is 53.6 Å². The van der Waals surface area contributed by atoms with Crippen LogP contribution in [0.3, 0.4) is 0 Å². The van der Waals surface area contributed by atoms with Crippen LogP contribution < -0.4 is 9.47 Å². The van der Waals surface area contributed by atoms with Crippen molar-refractivity contribution in [3.8, 4) is 11.5 Å². The van der Waals surface area contributed by atoms with Crippen LogP contribution in [0.15, 0.2) is 48.0 Å². The number of benzene rings is 2. The molecule has 0 spiro atoms. The van der Waals surface area contributed by atoms with Gasteiger partial charge in [0.1, 0.15) is 17.3 Å². The number of nitrogens with zero attached hydrogens (tertiary/aromatic N) is 1. The van der Waals surface area contributed by atoms with E-state index in [9.17, 15) is 14.7 Å². The zero-order chi connectivity index (χ0) is 25.9. The molecular formula is C29H37NO5. The average molecular weight is 480 g/mol. The van der Waals surface area contributed by atoms with Gasteiger partial charge in [-0.1, -0.05) is 53.7 Å². The summed E-state index contributed by atoms with van der Waals surface area (Å²) in [5.41, 5.74) is 1.94. The SMILES string of the molecule is CCCN1C(=O)C(=O)/C(=C(/O)c2ccc(OC)c(C(C)(C)C)c2)C1c1cccc(OCC(C)C)c1. The largest absolute Gasteiger partial charge is 0.507 e. The number of amides is 1. The fraction of sp³-hybridized carbons (Fsp3) is 0.448. The Morgan fingerprint density at radius 2 is 1.83 bits per heavy atom. The fourth-order valence-electron chi connectivity index (χ4n) is 4.33. The summed E-state index contributed by atoms with van der Waals surface area (Å²) in [6, 6.07) is 12.1. The molecule has 0 aromatic heterocycles. The van der Waals surface area contributed by atoms with Crippen molar-refractivity contribution in [3.63, 3.8) is 0 Å². The van der Waals surface area contributed by atoms with Gasteiger partial charge in [0.2, 0.25) is 0 Å². The van der Waals surface area contributed by atoms with Gasteiger partial charge in [-0.15, -0.1) is 0 Å². The lowest BCUT2D eigenvalue weighted by molar-refractivity contribution is -0.139. The van der Waals surface area contributed by atoms with E-state index < -0.39 is 17.7 Å². The van der Waals surface area contributed by atoms with Crippen molar-refractivity contribution in [1.29, 1.82) is 0 Å². The molecule has 1 unspecified atom stereocenters. The third-order valence-electron chi connectivity index (χ3n) is 6.04. The molecule has 6 nitrogen and oxygen atoms in total.